The number of nitrogens with one attached hydrogen (secondary N) is 1. The molecule has 0 saturated carbocycles. The molecule has 8 nitrogen and oxygen atoms in total. The number of anilines is 1. The highest BCUT2D eigenvalue weighted by Crippen LogP contribution is 2.29. The van der Waals surface area contributed by atoms with Crippen LogP contribution in [0.5, 0.6) is 5.75 Å². The van der Waals surface area contributed by atoms with Gasteiger partial charge in [0, 0.05) is 50.9 Å². The number of carbonyl (C=O) groups excluding carboxylic acids is 2. The highest BCUT2D eigenvalue weighted by Gasteiger charge is 2.27. The van der Waals surface area contributed by atoms with Gasteiger partial charge in [0.15, 0.2) is 0 Å². The van der Waals surface area contributed by atoms with E-state index in [4.69, 9.17) is 26.5 Å². The van der Waals surface area contributed by atoms with E-state index in [-0.39, 0.29) is 17.9 Å². The van der Waals surface area contributed by atoms with Crippen molar-refractivity contribution in [1.82, 2.24) is 15.1 Å². The monoisotopic (exact) mass is 500 g/mol. The van der Waals surface area contributed by atoms with Crippen LogP contribution < -0.4 is 15.8 Å². The smallest absolute Gasteiger partial charge is 0.255 e. The van der Waals surface area contributed by atoms with E-state index in [9.17, 15) is 9.59 Å². The highest BCUT2D eigenvalue weighted by atomic mass is 35.5. The van der Waals surface area contributed by atoms with Crippen molar-refractivity contribution in [3.63, 3.8) is 0 Å². The van der Waals surface area contributed by atoms with Gasteiger partial charge in [-0.05, 0) is 55.9 Å². The number of piperidine rings is 2. The third kappa shape index (κ3) is 6.58. The number of amides is 2. The second-order valence-electron chi connectivity index (χ2n) is 9.24. The number of furan rings is 1. The molecule has 0 bridgehead atoms. The summed E-state index contributed by atoms with van der Waals surface area (Å²) in [4.78, 5) is 29.6. The molecule has 0 unspecified atom stereocenters. The molecule has 2 saturated heterocycles. The van der Waals surface area contributed by atoms with Crippen molar-refractivity contribution >= 4 is 35.2 Å². The summed E-state index contributed by atoms with van der Waals surface area (Å²) in [5, 5.41) is 3.46. The lowest BCUT2D eigenvalue weighted by Gasteiger charge is -2.37. The SMILES string of the molecule is COc1cc(N)c(Cl)cc1C(=O)NC1CCN(CC2CCN(C(=O)/C=C/c3ccco3)CC2)CC1. The van der Waals surface area contributed by atoms with Crippen LogP contribution in [0.25, 0.3) is 6.08 Å². The lowest BCUT2D eigenvalue weighted by molar-refractivity contribution is -0.127. The Morgan fingerprint density at radius 1 is 1.20 bits per heavy atom. The number of hydrogen-bond donors (Lipinski definition) is 2. The third-order valence-corrected chi connectivity index (χ3v) is 7.19. The number of ether oxygens (including phenoxy) is 1. The maximum atomic E-state index is 12.8. The van der Waals surface area contributed by atoms with Crippen LogP contribution in [0, 0.1) is 5.92 Å². The molecule has 0 spiro atoms. The van der Waals surface area contributed by atoms with Crippen molar-refractivity contribution in [2.75, 3.05) is 45.6 Å². The minimum atomic E-state index is -0.194. The molecule has 4 rings (SSSR count). The van der Waals surface area contributed by atoms with Crippen LogP contribution in [0.15, 0.2) is 41.0 Å². The van der Waals surface area contributed by atoms with E-state index < -0.39 is 0 Å². The van der Waals surface area contributed by atoms with Crippen LogP contribution in [0.3, 0.4) is 0 Å². The zero-order valence-electron chi connectivity index (χ0n) is 20.0. The molecule has 0 aliphatic carbocycles. The first kappa shape index (κ1) is 25.1. The van der Waals surface area contributed by atoms with Crippen molar-refractivity contribution in [1.29, 1.82) is 0 Å². The van der Waals surface area contributed by atoms with Gasteiger partial charge in [-0.15, -0.1) is 0 Å². The van der Waals surface area contributed by atoms with E-state index in [1.807, 2.05) is 11.0 Å². The average Bonchev–Trinajstić information content (AvgIpc) is 3.39. The average molecular weight is 501 g/mol. The van der Waals surface area contributed by atoms with Crippen molar-refractivity contribution in [2.45, 2.75) is 31.7 Å². The molecule has 1 aromatic heterocycles. The quantitative estimate of drug-likeness (QED) is 0.444. The van der Waals surface area contributed by atoms with E-state index >= 15 is 0 Å². The fraction of sp³-hybridized carbons (Fsp3) is 0.462. The van der Waals surface area contributed by atoms with Crippen molar-refractivity contribution in [3.05, 3.63) is 53.0 Å². The fourth-order valence-corrected chi connectivity index (χ4v) is 4.95. The number of carbonyl (C=O) groups is 2. The molecule has 0 radical (unpaired) electrons. The van der Waals surface area contributed by atoms with Gasteiger partial charge in [-0.3, -0.25) is 9.59 Å². The molecule has 1 aromatic carbocycles. The van der Waals surface area contributed by atoms with Gasteiger partial charge in [0.2, 0.25) is 5.91 Å². The summed E-state index contributed by atoms with van der Waals surface area (Å²) in [7, 11) is 1.51. The Bertz CT molecular complexity index is 1040. The topological polar surface area (TPSA) is 101 Å². The largest absolute Gasteiger partial charge is 0.496 e. The van der Waals surface area contributed by atoms with Crippen molar-refractivity contribution in [2.24, 2.45) is 5.92 Å². The van der Waals surface area contributed by atoms with E-state index in [0.717, 1.165) is 58.4 Å². The Morgan fingerprint density at radius 3 is 2.60 bits per heavy atom. The molecule has 2 aliphatic heterocycles. The molecule has 2 aliphatic rings. The third-order valence-electron chi connectivity index (χ3n) is 6.86. The van der Waals surface area contributed by atoms with Gasteiger partial charge < -0.3 is 30.0 Å². The van der Waals surface area contributed by atoms with Gasteiger partial charge >= 0.3 is 0 Å². The standard InChI is InChI=1S/C26H33ClN4O4/c1-34-24-16-23(28)22(27)15-21(24)26(33)29-19-8-10-30(11-9-19)17-18-6-12-31(13-7-18)25(32)5-4-20-3-2-14-35-20/h2-5,14-16,18-19H,6-13,17,28H2,1H3,(H,29,33)/b5-4+. The van der Waals surface area contributed by atoms with Crippen LogP contribution in [-0.2, 0) is 4.79 Å². The maximum Gasteiger partial charge on any atom is 0.255 e. The molecular formula is C26H33ClN4O4. The van der Waals surface area contributed by atoms with E-state index in [1.54, 1.807) is 36.6 Å². The second-order valence-corrected chi connectivity index (χ2v) is 9.65. The first-order valence-corrected chi connectivity index (χ1v) is 12.5. The number of benzene rings is 1. The van der Waals surface area contributed by atoms with Crippen LogP contribution in [0.4, 0.5) is 5.69 Å². The number of halogens is 1. The van der Waals surface area contributed by atoms with Crippen molar-refractivity contribution < 1.29 is 18.7 Å². The Morgan fingerprint density at radius 2 is 1.94 bits per heavy atom. The van der Waals surface area contributed by atoms with E-state index in [1.165, 1.54) is 7.11 Å². The first-order valence-electron chi connectivity index (χ1n) is 12.1. The molecule has 3 heterocycles. The van der Waals surface area contributed by atoms with Gasteiger partial charge in [0.25, 0.3) is 5.91 Å². The van der Waals surface area contributed by atoms with Gasteiger partial charge in [-0.2, -0.15) is 0 Å². The number of nitrogen functional groups attached to an aromatic ring is 1. The fourth-order valence-electron chi connectivity index (χ4n) is 4.78. The zero-order valence-corrected chi connectivity index (χ0v) is 20.8. The molecule has 2 fully saturated rings. The molecule has 3 N–H and O–H groups in total. The Labute approximate surface area is 211 Å². The van der Waals surface area contributed by atoms with Crippen LogP contribution in [0.2, 0.25) is 5.02 Å². The molecule has 9 heteroatoms. The van der Waals surface area contributed by atoms with Crippen LogP contribution in [0.1, 0.15) is 41.8 Å². The molecule has 188 valence electrons. The maximum absolute atomic E-state index is 12.8. The van der Waals surface area contributed by atoms with Gasteiger partial charge in [-0.25, -0.2) is 0 Å². The van der Waals surface area contributed by atoms with Crippen LogP contribution >= 0.6 is 11.6 Å². The Balaban J connectivity index is 1.19. The van der Waals surface area contributed by atoms with Gasteiger partial charge in [0.05, 0.1) is 29.6 Å². The zero-order chi connectivity index (χ0) is 24.8. The summed E-state index contributed by atoms with van der Waals surface area (Å²) < 4.78 is 10.5. The summed E-state index contributed by atoms with van der Waals surface area (Å²) in [6, 6.07) is 6.88. The van der Waals surface area contributed by atoms with Gasteiger partial charge in [-0.1, -0.05) is 11.6 Å². The predicted molar refractivity (Wildman–Crippen MR) is 136 cm³/mol. The predicted octanol–water partition coefficient (Wildman–Crippen LogP) is 3.67. The normalized spacial score (nSPS) is 18.2. The summed E-state index contributed by atoms with van der Waals surface area (Å²) in [6.45, 7) is 4.48. The molecule has 2 aromatic rings. The number of likely N-dealkylation sites (tertiary alicyclic amines) is 2. The highest BCUT2D eigenvalue weighted by molar-refractivity contribution is 6.33. The Kier molecular flexibility index (Phi) is 8.36. The lowest BCUT2D eigenvalue weighted by Crippen LogP contribution is -2.47. The molecule has 0 atom stereocenters. The molecular weight excluding hydrogens is 468 g/mol. The number of nitrogens with zero attached hydrogens (tertiary/aromatic N) is 2. The minimum absolute atomic E-state index is 0.0374. The lowest BCUT2D eigenvalue weighted by atomic mass is 9.94. The molecule has 35 heavy (non-hydrogen) atoms. The summed E-state index contributed by atoms with van der Waals surface area (Å²) in [5.74, 6) is 1.53. The number of rotatable bonds is 7. The summed E-state index contributed by atoms with van der Waals surface area (Å²) in [5.41, 5.74) is 6.60. The van der Waals surface area contributed by atoms with Gasteiger partial charge in [0.1, 0.15) is 11.5 Å². The Hall–Kier alpha value is -2.97. The summed E-state index contributed by atoms with van der Waals surface area (Å²) in [6.07, 6.45) is 8.71. The number of hydrogen-bond acceptors (Lipinski definition) is 6. The first-order chi connectivity index (χ1) is 16.9. The second kappa shape index (κ2) is 11.6. The van der Waals surface area contributed by atoms with Crippen LogP contribution in [-0.4, -0.2) is 67.5 Å². The minimum Gasteiger partial charge on any atom is -0.496 e. The molecule has 2 amide bonds. The number of nitrogens with two attached hydrogens (primary N) is 1. The number of methoxy groups -OCH3 is 1. The summed E-state index contributed by atoms with van der Waals surface area (Å²) >= 11 is 6.11. The van der Waals surface area contributed by atoms with E-state index in [0.29, 0.717) is 33.7 Å². The van der Waals surface area contributed by atoms with E-state index in [2.05, 4.69) is 10.2 Å². The van der Waals surface area contributed by atoms with Crippen molar-refractivity contribution in [3.8, 4) is 5.75 Å².